The van der Waals surface area contributed by atoms with Crippen LogP contribution in [0.15, 0.2) is 30.3 Å². The van der Waals surface area contributed by atoms with Gasteiger partial charge >= 0.3 is 0 Å². The lowest BCUT2D eigenvalue weighted by Gasteiger charge is -2.38. The normalized spacial score (nSPS) is 23.5. The maximum absolute atomic E-state index is 5.64. The molecule has 0 heterocycles. The fraction of sp³-hybridized carbons (Fsp3) is 0.600. The smallest absolute Gasteiger partial charge is 0.0933 e. The SMILES string of the molecule is CC1(C)CCCCC1NOCc1ccccc1. The summed E-state index contributed by atoms with van der Waals surface area (Å²) in [5.74, 6) is 0. The third-order valence-corrected chi connectivity index (χ3v) is 3.81. The Bertz CT molecular complexity index is 334. The van der Waals surface area contributed by atoms with Gasteiger partial charge in [-0.25, -0.2) is 0 Å². The second-order valence-electron chi connectivity index (χ2n) is 5.68. The third-order valence-electron chi connectivity index (χ3n) is 3.81. The average Bonchev–Trinajstić information content (AvgIpc) is 2.32. The van der Waals surface area contributed by atoms with E-state index in [0.29, 0.717) is 18.1 Å². The van der Waals surface area contributed by atoms with Crippen LogP contribution in [-0.4, -0.2) is 6.04 Å². The van der Waals surface area contributed by atoms with Gasteiger partial charge in [0, 0.05) is 6.04 Å². The van der Waals surface area contributed by atoms with Gasteiger partial charge in [-0.05, 0) is 23.8 Å². The van der Waals surface area contributed by atoms with E-state index >= 15 is 0 Å². The van der Waals surface area contributed by atoms with Gasteiger partial charge in [0.2, 0.25) is 0 Å². The van der Waals surface area contributed by atoms with Gasteiger partial charge in [0.25, 0.3) is 0 Å². The Kier molecular flexibility index (Phi) is 4.19. The van der Waals surface area contributed by atoms with E-state index < -0.39 is 0 Å². The molecular formula is C15H23NO. The van der Waals surface area contributed by atoms with Gasteiger partial charge < -0.3 is 0 Å². The van der Waals surface area contributed by atoms with Gasteiger partial charge in [0.15, 0.2) is 0 Å². The highest BCUT2D eigenvalue weighted by atomic mass is 16.6. The molecule has 1 aromatic carbocycles. The minimum absolute atomic E-state index is 0.356. The molecule has 94 valence electrons. The molecule has 1 N–H and O–H groups in total. The Morgan fingerprint density at radius 3 is 2.71 bits per heavy atom. The molecule has 0 radical (unpaired) electrons. The van der Waals surface area contributed by atoms with Crippen LogP contribution in [0.1, 0.15) is 45.1 Å². The minimum Gasteiger partial charge on any atom is -0.297 e. The van der Waals surface area contributed by atoms with Crippen LogP contribution in [0.25, 0.3) is 0 Å². The second kappa shape index (κ2) is 5.65. The van der Waals surface area contributed by atoms with E-state index in [1.807, 2.05) is 18.2 Å². The fourth-order valence-corrected chi connectivity index (χ4v) is 2.51. The summed E-state index contributed by atoms with van der Waals surface area (Å²) >= 11 is 0. The fourth-order valence-electron chi connectivity index (χ4n) is 2.51. The maximum atomic E-state index is 5.64. The van der Waals surface area contributed by atoms with Crippen molar-refractivity contribution in [3.63, 3.8) is 0 Å². The van der Waals surface area contributed by atoms with E-state index in [1.165, 1.54) is 31.2 Å². The third kappa shape index (κ3) is 3.55. The first-order chi connectivity index (χ1) is 8.18. The van der Waals surface area contributed by atoms with Crippen molar-refractivity contribution in [3.05, 3.63) is 35.9 Å². The first-order valence-corrected chi connectivity index (χ1v) is 6.60. The quantitative estimate of drug-likeness (QED) is 0.801. The average molecular weight is 233 g/mol. The summed E-state index contributed by atoms with van der Waals surface area (Å²) in [7, 11) is 0. The van der Waals surface area contributed by atoms with Crippen LogP contribution in [0.3, 0.4) is 0 Å². The van der Waals surface area contributed by atoms with E-state index in [0.717, 1.165) is 0 Å². The molecule has 0 aromatic heterocycles. The summed E-state index contributed by atoms with van der Waals surface area (Å²) in [5.41, 5.74) is 4.83. The number of hydroxylamine groups is 1. The van der Waals surface area contributed by atoms with Crippen molar-refractivity contribution in [2.24, 2.45) is 5.41 Å². The molecule has 1 aliphatic carbocycles. The summed E-state index contributed by atoms with van der Waals surface area (Å²) < 4.78 is 0. The first kappa shape index (κ1) is 12.6. The number of hydrogen-bond donors (Lipinski definition) is 1. The molecule has 0 aliphatic heterocycles. The first-order valence-electron chi connectivity index (χ1n) is 6.60. The summed E-state index contributed by atoms with van der Waals surface area (Å²) in [6.45, 7) is 5.30. The van der Waals surface area contributed by atoms with Crippen molar-refractivity contribution in [1.82, 2.24) is 5.48 Å². The molecule has 2 nitrogen and oxygen atoms in total. The van der Waals surface area contributed by atoms with Crippen LogP contribution < -0.4 is 5.48 Å². The van der Waals surface area contributed by atoms with Crippen molar-refractivity contribution in [3.8, 4) is 0 Å². The highest BCUT2D eigenvalue weighted by Crippen LogP contribution is 2.35. The van der Waals surface area contributed by atoms with E-state index in [1.54, 1.807) is 0 Å². The highest BCUT2D eigenvalue weighted by molar-refractivity contribution is 5.13. The van der Waals surface area contributed by atoms with Crippen molar-refractivity contribution in [2.45, 2.75) is 52.2 Å². The molecule has 1 unspecified atom stereocenters. The molecule has 0 spiro atoms. The zero-order valence-corrected chi connectivity index (χ0v) is 10.9. The molecule has 0 bridgehead atoms. The molecule has 2 heteroatoms. The van der Waals surface area contributed by atoms with Crippen LogP contribution >= 0.6 is 0 Å². The van der Waals surface area contributed by atoms with Crippen molar-refractivity contribution < 1.29 is 4.84 Å². The molecule has 1 fully saturated rings. The Hall–Kier alpha value is -0.860. The Morgan fingerprint density at radius 2 is 2.00 bits per heavy atom. The van der Waals surface area contributed by atoms with Crippen LogP contribution in [-0.2, 0) is 11.4 Å². The summed E-state index contributed by atoms with van der Waals surface area (Å²) in [4.78, 5) is 5.64. The van der Waals surface area contributed by atoms with E-state index in [4.69, 9.17) is 4.84 Å². The molecule has 1 saturated carbocycles. The standard InChI is InChI=1S/C15H23NO/c1-15(2)11-7-6-10-14(15)16-17-12-13-8-4-3-5-9-13/h3-5,8-9,14,16H,6-7,10-12H2,1-2H3. The van der Waals surface area contributed by atoms with Crippen LogP contribution in [0.4, 0.5) is 0 Å². The number of hydrogen-bond acceptors (Lipinski definition) is 2. The minimum atomic E-state index is 0.356. The monoisotopic (exact) mass is 233 g/mol. The summed E-state index contributed by atoms with van der Waals surface area (Å²) in [5, 5.41) is 0. The topological polar surface area (TPSA) is 21.3 Å². The van der Waals surface area contributed by atoms with Gasteiger partial charge in [0.05, 0.1) is 6.61 Å². The lowest BCUT2D eigenvalue weighted by molar-refractivity contribution is -0.0388. The van der Waals surface area contributed by atoms with Gasteiger partial charge in [-0.3, -0.25) is 4.84 Å². The molecule has 0 saturated heterocycles. The molecule has 1 atom stereocenters. The molecule has 0 amide bonds. The second-order valence-corrected chi connectivity index (χ2v) is 5.68. The molecule has 17 heavy (non-hydrogen) atoms. The van der Waals surface area contributed by atoms with E-state index in [-0.39, 0.29) is 0 Å². The molecule has 1 aliphatic rings. The molecule has 1 aromatic rings. The van der Waals surface area contributed by atoms with Crippen LogP contribution in [0, 0.1) is 5.41 Å². The number of benzene rings is 1. The van der Waals surface area contributed by atoms with Crippen molar-refractivity contribution in [2.75, 3.05) is 0 Å². The van der Waals surface area contributed by atoms with Gasteiger partial charge in [0.1, 0.15) is 0 Å². The Balaban J connectivity index is 1.78. The predicted molar refractivity (Wildman–Crippen MR) is 70.4 cm³/mol. The van der Waals surface area contributed by atoms with Gasteiger partial charge in [-0.2, -0.15) is 5.48 Å². The highest BCUT2D eigenvalue weighted by Gasteiger charge is 2.32. The number of rotatable bonds is 4. The number of nitrogens with one attached hydrogen (secondary N) is 1. The van der Waals surface area contributed by atoms with Crippen molar-refractivity contribution >= 4 is 0 Å². The molecule has 2 rings (SSSR count). The van der Waals surface area contributed by atoms with Crippen LogP contribution in [0.5, 0.6) is 0 Å². The van der Waals surface area contributed by atoms with Crippen LogP contribution in [0.2, 0.25) is 0 Å². The Morgan fingerprint density at radius 1 is 1.24 bits per heavy atom. The zero-order valence-electron chi connectivity index (χ0n) is 10.9. The van der Waals surface area contributed by atoms with Crippen molar-refractivity contribution in [1.29, 1.82) is 0 Å². The van der Waals surface area contributed by atoms with Gasteiger partial charge in [-0.1, -0.05) is 57.0 Å². The Labute approximate surface area is 104 Å². The van der Waals surface area contributed by atoms with Gasteiger partial charge in [-0.15, -0.1) is 0 Å². The maximum Gasteiger partial charge on any atom is 0.0933 e. The van der Waals surface area contributed by atoms with E-state index in [9.17, 15) is 0 Å². The lowest BCUT2D eigenvalue weighted by atomic mass is 9.74. The van der Waals surface area contributed by atoms with E-state index in [2.05, 4.69) is 31.5 Å². The lowest BCUT2D eigenvalue weighted by Crippen LogP contribution is -2.43. The largest absolute Gasteiger partial charge is 0.297 e. The summed E-state index contributed by atoms with van der Waals surface area (Å²) in [6.07, 6.45) is 5.18. The zero-order chi connectivity index (χ0) is 12.1. The summed E-state index contributed by atoms with van der Waals surface area (Å²) in [6, 6.07) is 10.8. The molecular weight excluding hydrogens is 210 g/mol. The predicted octanol–water partition coefficient (Wildman–Crippen LogP) is 3.68.